The van der Waals surface area contributed by atoms with Gasteiger partial charge in [-0.3, -0.25) is 0 Å². The van der Waals surface area contributed by atoms with E-state index >= 15 is 0 Å². The first-order chi connectivity index (χ1) is 7.81. The lowest BCUT2D eigenvalue weighted by atomic mass is 10.1. The molecule has 0 spiro atoms. The molecule has 0 unspecified atom stereocenters. The van der Waals surface area contributed by atoms with Gasteiger partial charge in [-0.05, 0) is 29.3 Å². The smallest absolute Gasteiger partial charge is 0.0727 e. The fourth-order valence-electron chi connectivity index (χ4n) is 1.48. The first-order valence-corrected chi connectivity index (χ1v) is 5.23. The maximum Gasteiger partial charge on any atom is 0.0727 e. The van der Waals surface area contributed by atoms with Crippen LogP contribution in [-0.4, -0.2) is 17.3 Å². The maximum absolute atomic E-state index is 6.05. The van der Waals surface area contributed by atoms with Crippen LogP contribution in [0.25, 0.3) is 11.1 Å². The topological polar surface area (TPSA) is 35.0 Å². The van der Waals surface area contributed by atoms with E-state index < -0.39 is 0 Å². The molecule has 3 nitrogen and oxygen atoms in total. The van der Waals surface area contributed by atoms with E-state index in [2.05, 4.69) is 10.2 Å². The Balaban J connectivity index is 2.40. The van der Waals surface area contributed by atoms with Gasteiger partial charge >= 0.3 is 0 Å². The average molecular weight is 235 g/mol. The van der Waals surface area contributed by atoms with E-state index in [0.717, 1.165) is 16.7 Å². The number of aromatic nitrogens is 2. The van der Waals surface area contributed by atoms with Crippen molar-refractivity contribution in [1.82, 2.24) is 10.2 Å². The molecule has 0 N–H and O–H groups in total. The Labute approximate surface area is 99.0 Å². The van der Waals surface area contributed by atoms with Crippen LogP contribution < -0.4 is 0 Å². The van der Waals surface area contributed by atoms with Crippen LogP contribution in [0.5, 0.6) is 0 Å². The van der Waals surface area contributed by atoms with Crippen LogP contribution in [0.3, 0.4) is 0 Å². The molecular formula is C12H11ClN2O. The molecule has 0 aliphatic rings. The molecule has 4 heteroatoms. The van der Waals surface area contributed by atoms with Crippen molar-refractivity contribution in [3.8, 4) is 11.1 Å². The van der Waals surface area contributed by atoms with E-state index in [1.54, 1.807) is 19.5 Å². The lowest BCUT2D eigenvalue weighted by Gasteiger charge is -2.06. The predicted octanol–water partition coefficient (Wildman–Crippen LogP) is 2.94. The predicted molar refractivity (Wildman–Crippen MR) is 63.2 cm³/mol. The molecule has 0 amide bonds. The van der Waals surface area contributed by atoms with E-state index in [1.165, 1.54) is 0 Å². The normalized spacial score (nSPS) is 10.4. The van der Waals surface area contributed by atoms with Crippen LogP contribution in [0.2, 0.25) is 5.02 Å². The molecule has 0 radical (unpaired) electrons. The van der Waals surface area contributed by atoms with Gasteiger partial charge in [0, 0.05) is 17.7 Å². The third kappa shape index (κ3) is 2.38. The summed E-state index contributed by atoms with van der Waals surface area (Å²) in [5.74, 6) is 0. The van der Waals surface area contributed by atoms with E-state index in [-0.39, 0.29) is 0 Å². The summed E-state index contributed by atoms with van der Waals surface area (Å²) in [6, 6.07) is 7.74. The Morgan fingerprint density at radius 2 is 2.06 bits per heavy atom. The zero-order valence-electron chi connectivity index (χ0n) is 8.85. The zero-order valence-corrected chi connectivity index (χ0v) is 9.61. The Morgan fingerprint density at radius 1 is 1.19 bits per heavy atom. The van der Waals surface area contributed by atoms with Crippen molar-refractivity contribution in [3.05, 3.63) is 47.2 Å². The van der Waals surface area contributed by atoms with Gasteiger partial charge in [0.1, 0.15) is 0 Å². The molecule has 0 saturated heterocycles. The second-order valence-electron chi connectivity index (χ2n) is 3.37. The van der Waals surface area contributed by atoms with E-state index in [4.69, 9.17) is 16.3 Å². The molecule has 1 aromatic carbocycles. The van der Waals surface area contributed by atoms with Crippen LogP contribution in [0.15, 0.2) is 36.7 Å². The number of hydrogen-bond donors (Lipinski definition) is 0. The number of halogens is 1. The van der Waals surface area contributed by atoms with Gasteiger partial charge in [-0.15, -0.1) is 0 Å². The third-order valence-electron chi connectivity index (χ3n) is 2.26. The Hall–Kier alpha value is -1.45. The first-order valence-electron chi connectivity index (χ1n) is 4.85. The minimum atomic E-state index is 0.505. The van der Waals surface area contributed by atoms with Crippen LogP contribution in [-0.2, 0) is 11.3 Å². The summed E-state index contributed by atoms with van der Waals surface area (Å²) >= 11 is 6.05. The fraction of sp³-hybridized carbons (Fsp3) is 0.167. The van der Waals surface area contributed by atoms with Crippen LogP contribution in [0.4, 0.5) is 0 Å². The van der Waals surface area contributed by atoms with Crippen molar-refractivity contribution in [2.75, 3.05) is 7.11 Å². The summed E-state index contributed by atoms with van der Waals surface area (Å²) in [7, 11) is 1.65. The summed E-state index contributed by atoms with van der Waals surface area (Å²) in [5.41, 5.74) is 3.05. The highest BCUT2D eigenvalue weighted by Crippen LogP contribution is 2.24. The SMILES string of the molecule is COCc1cc(-c2ccnnc2)ccc1Cl. The second kappa shape index (κ2) is 5.05. The molecule has 16 heavy (non-hydrogen) atoms. The Bertz CT molecular complexity index is 474. The third-order valence-corrected chi connectivity index (χ3v) is 2.63. The summed E-state index contributed by atoms with van der Waals surface area (Å²) in [6.07, 6.45) is 3.39. The lowest BCUT2D eigenvalue weighted by Crippen LogP contribution is -1.90. The van der Waals surface area contributed by atoms with Crippen molar-refractivity contribution in [3.63, 3.8) is 0 Å². The summed E-state index contributed by atoms with van der Waals surface area (Å²) in [4.78, 5) is 0. The minimum absolute atomic E-state index is 0.505. The van der Waals surface area contributed by atoms with Gasteiger partial charge in [-0.25, -0.2) is 0 Å². The number of hydrogen-bond acceptors (Lipinski definition) is 3. The van der Waals surface area contributed by atoms with Crippen molar-refractivity contribution < 1.29 is 4.74 Å². The molecule has 0 saturated carbocycles. The number of ether oxygens (including phenoxy) is 1. The number of methoxy groups -OCH3 is 1. The minimum Gasteiger partial charge on any atom is -0.380 e. The molecule has 0 bridgehead atoms. The van der Waals surface area contributed by atoms with Gasteiger partial charge in [-0.1, -0.05) is 17.7 Å². The summed E-state index contributed by atoms with van der Waals surface area (Å²) in [6.45, 7) is 0.505. The molecule has 1 aromatic heterocycles. The molecule has 0 fully saturated rings. The van der Waals surface area contributed by atoms with Crippen molar-refractivity contribution in [2.45, 2.75) is 6.61 Å². The Morgan fingerprint density at radius 3 is 2.75 bits per heavy atom. The van der Waals surface area contributed by atoms with Crippen molar-refractivity contribution >= 4 is 11.6 Å². The second-order valence-corrected chi connectivity index (χ2v) is 3.78. The zero-order chi connectivity index (χ0) is 11.4. The van der Waals surface area contributed by atoms with Gasteiger partial charge in [0.2, 0.25) is 0 Å². The summed E-state index contributed by atoms with van der Waals surface area (Å²) < 4.78 is 5.09. The largest absolute Gasteiger partial charge is 0.380 e. The lowest BCUT2D eigenvalue weighted by molar-refractivity contribution is 0.185. The highest BCUT2D eigenvalue weighted by atomic mass is 35.5. The van der Waals surface area contributed by atoms with Crippen LogP contribution in [0.1, 0.15) is 5.56 Å². The van der Waals surface area contributed by atoms with E-state index in [0.29, 0.717) is 11.6 Å². The molecule has 0 atom stereocenters. The highest BCUT2D eigenvalue weighted by Gasteiger charge is 2.03. The maximum atomic E-state index is 6.05. The molecule has 1 heterocycles. The summed E-state index contributed by atoms with van der Waals surface area (Å²) in [5, 5.41) is 8.31. The average Bonchev–Trinajstić information content (AvgIpc) is 2.33. The molecule has 2 aromatic rings. The highest BCUT2D eigenvalue weighted by molar-refractivity contribution is 6.31. The van der Waals surface area contributed by atoms with E-state index in [9.17, 15) is 0 Å². The van der Waals surface area contributed by atoms with Gasteiger partial charge in [0.15, 0.2) is 0 Å². The van der Waals surface area contributed by atoms with Gasteiger partial charge in [0.05, 0.1) is 19.0 Å². The first kappa shape index (κ1) is 11.0. The molecule has 2 rings (SSSR count). The van der Waals surface area contributed by atoms with Gasteiger partial charge in [0.25, 0.3) is 0 Å². The standard InChI is InChI=1S/C12H11ClN2O/c1-16-8-11-6-9(2-3-12(11)13)10-4-5-14-15-7-10/h2-7H,8H2,1H3. The van der Waals surface area contributed by atoms with Crippen molar-refractivity contribution in [1.29, 1.82) is 0 Å². The molecule has 0 aliphatic heterocycles. The number of benzene rings is 1. The van der Waals surface area contributed by atoms with Gasteiger partial charge in [-0.2, -0.15) is 10.2 Å². The van der Waals surface area contributed by atoms with Crippen LogP contribution in [0, 0.1) is 0 Å². The molecular weight excluding hydrogens is 224 g/mol. The number of rotatable bonds is 3. The number of nitrogens with zero attached hydrogens (tertiary/aromatic N) is 2. The van der Waals surface area contributed by atoms with Gasteiger partial charge < -0.3 is 4.74 Å². The van der Waals surface area contributed by atoms with Crippen LogP contribution >= 0.6 is 11.6 Å². The Kier molecular flexibility index (Phi) is 3.49. The monoisotopic (exact) mass is 234 g/mol. The fourth-order valence-corrected chi connectivity index (χ4v) is 1.65. The van der Waals surface area contributed by atoms with Crippen molar-refractivity contribution in [2.24, 2.45) is 0 Å². The molecule has 0 aliphatic carbocycles. The molecule has 82 valence electrons. The van der Waals surface area contributed by atoms with E-state index in [1.807, 2.05) is 24.3 Å². The quantitative estimate of drug-likeness (QED) is 0.819.